The van der Waals surface area contributed by atoms with Crippen molar-refractivity contribution in [3.05, 3.63) is 59.4 Å². The lowest BCUT2D eigenvalue weighted by Gasteiger charge is -2.09. The molecule has 5 nitrogen and oxygen atoms in total. The van der Waals surface area contributed by atoms with Gasteiger partial charge < -0.3 is 13.9 Å². The quantitative estimate of drug-likeness (QED) is 0.409. The van der Waals surface area contributed by atoms with E-state index in [9.17, 15) is 9.59 Å². The molecule has 0 N–H and O–H groups in total. The third kappa shape index (κ3) is 2.76. The predicted octanol–water partition coefficient (Wildman–Crippen LogP) is 4.17. The van der Waals surface area contributed by atoms with Gasteiger partial charge in [0.25, 0.3) is 0 Å². The standard InChI is InChI=1S/C19H16O5/c1-11-14-6-4-5-7-15(14)23-18(11)19(21)24-16-9-8-13(12(2)20)10-17(16)22-3/h4-10H,1-3H3. The number of hydrogen-bond donors (Lipinski definition) is 0. The van der Waals surface area contributed by atoms with Gasteiger partial charge in [-0.3, -0.25) is 4.79 Å². The molecule has 0 atom stereocenters. The van der Waals surface area contributed by atoms with E-state index in [-0.39, 0.29) is 17.3 Å². The molecule has 1 aromatic heterocycles. The molecule has 0 fully saturated rings. The van der Waals surface area contributed by atoms with E-state index in [1.807, 2.05) is 18.2 Å². The Balaban J connectivity index is 1.94. The molecule has 0 saturated carbocycles. The number of Topliss-reactive ketones (excluding diaryl/α,β-unsaturated/α-hetero) is 1. The summed E-state index contributed by atoms with van der Waals surface area (Å²) in [5.41, 5.74) is 1.82. The van der Waals surface area contributed by atoms with Crippen molar-refractivity contribution in [2.45, 2.75) is 13.8 Å². The SMILES string of the molecule is COc1cc(C(C)=O)ccc1OC(=O)c1oc2ccccc2c1C. The highest BCUT2D eigenvalue weighted by atomic mass is 16.6. The summed E-state index contributed by atoms with van der Waals surface area (Å²) >= 11 is 0. The Morgan fingerprint density at radius 3 is 2.46 bits per heavy atom. The van der Waals surface area contributed by atoms with Crippen LogP contribution in [0.25, 0.3) is 11.0 Å². The van der Waals surface area contributed by atoms with Crippen LogP contribution in [0.4, 0.5) is 0 Å². The Labute approximate surface area is 138 Å². The molecule has 2 aromatic carbocycles. The topological polar surface area (TPSA) is 65.7 Å². The van der Waals surface area contributed by atoms with Gasteiger partial charge in [-0.2, -0.15) is 0 Å². The number of rotatable bonds is 4. The molecular formula is C19H16O5. The van der Waals surface area contributed by atoms with Crippen LogP contribution in [0.5, 0.6) is 11.5 Å². The maximum Gasteiger partial charge on any atom is 0.380 e. The third-order valence-electron chi connectivity index (χ3n) is 3.80. The van der Waals surface area contributed by atoms with Gasteiger partial charge >= 0.3 is 5.97 Å². The molecule has 0 aliphatic heterocycles. The van der Waals surface area contributed by atoms with E-state index in [1.165, 1.54) is 26.2 Å². The Morgan fingerprint density at radius 1 is 1.04 bits per heavy atom. The summed E-state index contributed by atoms with van der Waals surface area (Å²) in [6, 6.07) is 12.0. The van der Waals surface area contributed by atoms with Gasteiger partial charge in [-0.05, 0) is 38.1 Å². The van der Waals surface area contributed by atoms with Gasteiger partial charge in [0.2, 0.25) is 5.76 Å². The first kappa shape index (κ1) is 15.8. The Hall–Kier alpha value is -3.08. The van der Waals surface area contributed by atoms with E-state index < -0.39 is 5.97 Å². The predicted molar refractivity (Wildman–Crippen MR) is 88.9 cm³/mol. The summed E-state index contributed by atoms with van der Waals surface area (Å²) in [4.78, 5) is 23.9. The van der Waals surface area contributed by atoms with Crippen molar-refractivity contribution >= 4 is 22.7 Å². The van der Waals surface area contributed by atoms with Gasteiger partial charge in [0.1, 0.15) is 5.58 Å². The molecule has 3 aromatic rings. The van der Waals surface area contributed by atoms with Crippen molar-refractivity contribution < 1.29 is 23.5 Å². The molecule has 3 rings (SSSR count). The average molecular weight is 324 g/mol. The molecular weight excluding hydrogens is 308 g/mol. The molecule has 0 aliphatic rings. The molecule has 0 saturated heterocycles. The molecule has 0 bridgehead atoms. The molecule has 122 valence electrons. The van der Waals surface area contributed by atoms with Crippen molar-refractivity contribution in [1.29, 1.82) is 0 Å². The molecule has 24 heavy (non-hydrogen) atoms. The third-order valence-corrected chi connectivity index (χ3v) is 3.80. The number of fused-ring (bicyclic) bond motifs is 1. The Kier molecular flexibility index (Phi) is 4.08. The zero-order chi connectivity index (χ0) is 17.3. The number of furan rings is 1. The summed E-state index contributed by atoms with van der Waals surface area (Å²) in [6.07, 6.45) is 0. The maximum absolute atomic E-state index is 12.5. The largest absolute Gasteiger partial charge is 0.493 e. The highest BCUT2D eigenvalue weighted by Crippen LogP contribution is 2.31. The van der Waals surface area contributed by atoms with Crippen LogP contribution >= 0.6 is 0 Å². The highest BCUT2D eigenvalue weighted by Gasteiger charge is 2.21. The number of hydrogen-bond acceptors (Lipinski definition) is 5. The first-order valence-electron chi connectivity index (χ1n) is 7.40. The number of ketones is 1. The zero-order valence-electron chi connectivity index (χ0n) is 13.6. The van der Waals surface area contributed by atoms with Gasteiger partial charge in [0.05, 0.1) is 7.11 Å². The van der Waals surface area contributed by atoms with Crippen LogP contribution in [-0.2, 0) is 0 Å². The second kappa shape index (κ2) is 6.20. The second-order valence-electron chi connectivity index (χ2n) is 5.36. The fraction of sp³-hybridized carbons (Fsp3) is 0.158. The number of esters is 1. The van der Waals surface area contributed by atoms with Crippen molar-refractivity contribution in [2.24, 2.45) is 0 Å². The maximum atomic E-state index is 12.5. The van der Waals surface area contributed by atoms with Gasteiger partial charge in [0, 0.05) is 16.5 Å². The van der Waals surface area contributed by atoms with Crippen LogP contribution in [0.1, 0.15) is 33.4 Å². The van der Waals surface area contributed by atoms with E-state index in [1.54, 1.807) is 19.1 Å². The van der Waals surface area contributed by atoms with E-state index >= 15 is 0 Å². The molecule has 0 aliphatic carbocycles. The van der Waals surface area contributed by atoms with Crippen molar-refractivity contribution in [2.75, 3.05) is 7.11 Å². The number of carbonyl (C=O) groups is 2. The normalized spacial score (nSPS) is 10.6. The van der Waals surface area contributed by atoms with Gasteiger partial charge in [0.15, 0.2) is 17.3 Å². The van der Waals surface area contributed by atoms with E-state index in [2.05, 4.69) is 0 Å². The average Bonchev–Trinajstić information content (AvgIpc) is 2.92. The van der Waals surface area contributed by atoms with Crippen molar-refractivity contribution in [3.8, 4) is 11.5 Å². The summed E-state index contributed by atoms with van der Waals surface area (Å²) in [7, 11) is 1.45. The number of aryl methyl sites for hydroxylation is 1. The Bertz CT molecular complexity index is 936. The summed E-state index contributed by atoms with van der Waals surface area (Å²) in [5, 5.41) is 0.864. The van der Waals surface area contributed by atoms with Gasteiger partial charge in [-0.1, -0.05) is 18.2 Å². The van der Waals surface area contributed by atoms with Crippen LogP contribution in [0, 0.1) is 6.92 Å². The molecule has 0 spiro atoms. The molecule has 0 amide bonds. The van der Waals surface area contributed by atoms with Crippen molar-refractivity contribution in [3.63, 3.8) is 0 Å². The lowest BCUT2D eigenvalue weighted by Crippen LogP contribution is -2.10. The second-order valence-corrected chi connectivity index (χ2v) is 5.36. The number of benzene rings is 2. The lowest BCUT2D eigenvalue weighted by atomic mass is 10.1. The number of ether oxygens (including phenoxy) is 2. The van der Waals surface area contributed by atoms with E-state index in [0.717, 1.165) is 10.9 Å². The first-order valence-corrected chi connectivity index (χ1v) is 7.40. The monoisotopic (exact) mass is 324 g/mol. The summed E-state index contributed by atoms with van der Waals surface area (Å²) in [5.74, 6) is -0.0250. The van der Waals surface area contributed by atoms with Crippen LogP contribution in [0.2, 0.25) is 0 Å². The fourth-order valence-electron chi connectivity index (χ4n) is 2.49. The fourth-order valence-corrected chi connectivity index (χ4v) is 2.49. The molecule has 0 radical (unpaired) electrons. The van der Waals surface area contributed by atoms with Crippen LogP contribution in [0.3, 0.4) is 0 Å². The molecule has 5 heteroatoms. The minimum absolute atomic E-state index is 0.0979. The highest BCUT2D eigenvalue weighted by molar-refractivity contribution is 5.97. The van der Waals surface area contributed by atoms with Gasteiger partial charge in [-0.25, -0.2) is 4.79 Å². The van der Waals surface area contributed by atoms with E-state index in [0.29, 0.717) is 16.9 Å². The number of carbonyl (C=O) groups excluding carboxylic acids is 2. The number of para-hydroxylation sites is 1. The van der Waals surface area contributed by atoms with E-state index in [4.69, 9.17) is 13.9 Å². The van der Waals surface area contributed by atoms with Crippen LogP contribution < -0.4 is 9.47 Å². The smallest absolute Gasteiger partial charge is 0.380 e. The minimum atomic E-state index is -0.613. The lowest BCUT2D eigenvalue weighted by molar-refractivity contribution is 0.0698. The van der Waals surface area contributed by atoms with Gasteiger partial charge in [-0.15, -0.1) is 0 Å². The number of methoxy groups -OCH3 is 1. The minimum Gasteiger partial charge on any atom is -0.493 e. The molecule has 0 unspecified atom stereocenters. The summed E-state index contributed by atoms with van der Waals surface area (Å²) in [6.45, 7) is 3.26. The Morgan fingerprint density at radius 2 is 1.79 bits per heavy atom. The molecule has 1 heterocycles. The van der Waals surface area contributed by atoms with Crippen molar-refractivity contribution in [1.82, 2.24) is 0 Å². The summed E-state index contributed by atoms with van der Waals surface area (Å²) < 4.78 is 16.2. The zero-order valence-corrected chi connectivity index (χ0v) is 13.6. The first-order chi connectivity index (χ1) is 11.5. The van der Waals surface area contributed by atoms with Crippen LogP contribution in [-0.4, -0.2) is 18.9 Å². The van der Waals surface area contributed by atoms with Crippen LogP contribution in [0.15, 0.2) is 46.9 Å².